The zero-order valence-corrected chi connectivity index (χ0v) is 18.0. The van der Waals surface area contributed by atoms with Crippen LogP contribution in [-0.4, -0.2) is 78.9 Å². The maximum Gasteiger partial charge on any atom is 0.247 e. The fourth-order valence-corrected chi connectivity index (χ4v) is 9.40. The first-order valence-electron chi connectivity index (χ1n) is 8.65. The SMILES string of the molecule is COc1ccc(OC)c(S(=O)(=O)N([C@H]2CCS(=O)(=O)C2)[C@H]2CCS(=O)(=O)C2)c1. The molecule has 9 nitrogen and oxygen atoms in total. The fourth-order valence-electron chi connectivity index (χ4n) is 3.74. The number of hydrogen-bond acceptors (Lipinski definition) is 8. The van der Waals surface area contributed by atoms with Crippen LogP contribution < -0.4 is 9.47 Å². The second-order valence-corrected chi connectivity index (χ2v) is 13.2. The van der Waals surface area contributed by atoms with E-state index in [0.29, 0.717) is 0 Å². The Morgan fingerprint density at radius 2 is 1.46 bits per heavy atom. The van der Waals surface area contributed by atoms with Crippen molar-refractivity contribution in [3.05, 3.63) is 18.2 Å². The van der Waals surface area contributed by atoms with E-state index in [0.717, 1.165) is 4.31 Å². The first kappa shape index (κ1) is 21.3. The van der Waals surface area contributed by atoms with Gasteiger partial charge in [0.25, 0.3) is 0 Å². The first-order chi connectivity index (χ1) is 13.0. The van der Waals surface area contributed by atoms with Crippen LogP contribution in [0.25, 0.3) is 0 Å². The maximum absolute atomic E-state index is 13.6. The lowest BCUT2D eigenvalue weighted by molar-refractivity contribution is 0.278. The molecule has 0 amide bonds. The smallest absolute Gasteiger partial charge is 0.247 e. The van der Waals surface area contributed by atoms with Crippen molar-refractivity contribution in [2.45, 2.75) is 29.8 Å². The zero-order chi connectivity index (χ0) is 20.7. The summed E-state index contributed by atoms with van der Waals surface area (Å²) in [7, 11) is -8.29. The van der Waals surface area contributed by atoms with Crippen molar-refractivity contribution in [1.82, 2.24) is 4.31 Å². The Morgan fingerprint density at radius 1 is 0.929 bits per heavy atom. The van der Waals surface area contributed by atoms with Crippen LogP contribution in [-0.2, 0) is 29.7 Å². The number of methoxy groups -OCH3 is 2. The van der Waals surface area contributed by atoms with Gasteiger partial charge < -0.3 is 9.47 Å². The van der Waals surface area contributed by atoms with E-state index in [1.165, 1.54) is 26.4 Å². The van der Waals surface area contributed by atoms with Crippen LogP contribution in [0.2, 0.25) is 0 Å². The van der Waals surface area contributed by atoms with Crippen LogP contribution >= 0.6 is 0 Å². The monoisotopic (exact) mass is 453 g/mol. The van der Waals surface area contributed by atoms with E-state index in [1.54, 1.807) is 6.07 Å². The Bertz CT molecular complexity index is 1020. The molecule has 1 aromatic rings. The van der Waals surface area contributed by atoms with Crippen LogP contribution in [0.3, 0.4) is 0 Å². The molecule has 2 aliphatic rings. The zero-order valence-electron chi connectivity index (χ0n) is 15.6. The van der Waals surface area contributed by atoms with E-state index in [9.17, 15) is 25.3 Å². The van der Waals surface area contributed by atoms with E-state index in [4.69, 9.17) is 9.47 Å². The van der Waals surface area contributed by atoms with Gasteiger partial charge in [-0.15, -0.1) is 0 Å². The number of sulfone groups is 2. The molecule has 2 saturated heterocycles. The van der Waals surface area contributed by atoms with Gasteiger partial charge in [0.1, 0.15) is 16.4 Å². The summed E-state index contributed by atoms with van der Waals surface area (Å²) in [5.41, 5.74) is 0. The van der Waals surface area contributed by atoms with Crippen LogP contribution in [0.5, 0.6) is 11.5 Å². The molecular weight excluding hydrogens is 430 g/mol. The lowest BCUT2D eigenvalue weighted by atomic mass is 10.2. The molecule has 2 fully saturated rings. The topological polar surface area (TPSA) is 124 Å². The van der Waals surface area contributed by atoms with Gasteiger partial charge in [0.15, 0.2) is 19.7 Å². The number of nitrogens with zero attached hydrogens (tertiary/aromatic N) is 1. The summed E-state index contributed by atoms with van der Waals surface area (Å²) in [4.78, 5) is -0.178. The lowest BCUT2D eigenvalue weighted by Gasteiger charge is -2.32. The molecule has 0 bridgehead atoms. The Hall–Kier alpha value is -1.37. The van der Waals surface area contributed by atoms with Gasteiger partial charge in [-0.05, 0) is 25.0 Å². The average molecular weight is 454 g/mol. The highest BCUT2D eigenvalue weighted by Gasteiger charge is 2.46. The Kier molecular flexibility index (Phi) is 5.69. The minimum Gasteiger partial charge on any atom is -0.497 e. The fraction of sp³-hybridized carbons (Fsp3) is 0.625. The molecule has 0 aromatic heterocycles. The van der Waals surface area contributed by atoms with Gasteiger partial charge in [-0.25, -0.2) is 25.3 Å². The molecule has 0 spiro atoms. The molecule has 3 rings (SSSR count). The van der Waals surface area contributed by atoms with Gasteiger partial charge >= 0.3 is 0 Å². The molecule has 28 heavy (non-hydrogen) atoms. The second-order valence-electron chi connectivity index (χ2n) is 6.97. The van der Waals surface area contributed by atoms with Crippen molar-refractivity contribution < 1.29 is 34.7 Å². The minimum absolute atomic E-state index is 0.0764. The largest absolute Gasteiger partial charge is 0.497 e. The molecule has 0 N–H and O–H groups in total. The molecule has 0 unspecified atom stereocenters. The second kappa shape index (κ2) is 7.47. The molecule has 0 saturated carbocycles. The van der Waals surface area contributed by atoms with Gasteiger partial charge in [-0.1, -0.05) is 0 Å². The third-order valence-electron chi connectivity index (χ3n) is 5.06. The Morgan fingerprint density at radius 3 is 1.86 bits per heavy atom. The summed E-state index contributed by atoms with van der Waals surface area (Å²) in [6.07, 6.45) is 0.259. The normalized spacial score (nSPS) is 26.4. The summed E-state index contributed by atoms with van der Waals surface area (Å²) in [5.74, 6) is -0.536. The summed E-state index contributed by atoms with van der Waals surface area (Å²) in [5, 5.41) is 0. The Balaban J connectivity index is 2.12. The predicted octanol–water partition coefficient (Wildman–Crippen LogP) is 0.0687. The molecule has 158 valence electrons. The number of hydrogen-bond donors (Lipinski definition) is 0. The van der Waals surface area contributed by atoms with E-state index >= 15 is 0 Å². The maximum atomic E-state index is 13.6. The van der Waals surface area contributed by atoms with E-state index in [1.807, 2.05) is 0 Å². The number of sulfonamides is 1. The molecule has 0 radical (unpaired) electrons. The van der Waals surface area contributed by atoms with Gasteiger partial charge in [0.05, 0.1) is 37.2 Å². The molecule has 2 heterocycles. The minimum atomic E-state index is -4.24. The molecule has 0 aliphatic carbocycles. The molecule has 2 aliphatic heterocycles. The van der Waals surface area contributed by atoms with Crippen LogP contribution in [0.1, 0.15) is 12.8 Å². The highest BCUT2D eigenvalue weighted by molar-refractivity contribution is 7.92. The quantitative estimate of drug-likeness (QED) is 0.593. The van der Waals surface area contributed by atoms with Crippen molar-refractivity contribution in [2.75, 3.05) is 37.2 Å². The number of ether oxygens (including phenoxy) is 2. The highest BCUT2D eigenvalue weighted by Crippen LogP contribution is 2.36. The van der Waals surface area contributed by atoms with Crippen molar-refractivity contribution in [2.24, 2.45) is 0 Å². The van der Waals surface area contributed by atoms with Gasteiger partial charge in [0, 0.05) is 18.2 Å². The van der Waals surface area contributed by atoms with Crippen molar-refractivity contribution in [3.63, 3.8) is 0 Å². The lowest BCUT2D eigenvalue weighted by Crippen LogP contribution is -2.48. The van der Waals surface area contributed by atoms with Crippen LogP contribution in [0.4, 0.5) is 0 Å². The summed E-state index contributed by atoms with van der Waals surface area (Å²) < 4.78 is 86.5. The van der Waals surface area contributed by atoms with Crippen LogP contribution in [0, 0.1) is 0 Å². The van der Waals surface area contributed by atoms with Crippen molar-refractivity contribution in [3.8, 4) is 11.5 Å². The third kappa shape index (κ3) is 4.14. The predicted molar refractivity (Wildman–Crippen MR) is 103 cm³/mol. The third-order valence-corrected chi connectivity index (χ3v) is 10.6. The summed E-state index contributed by atoms with van der Waals surface area (Å²) >= 11 is 0. The Labute approximate surface area is 165 Å². The van der Waals surface area contributed by atoms with Crippen molar-refractivity contribution >= 4 is 29.7 Å². The molecule has 1 aromatic carbocycles. The average Bonchev–Trinajstić information content (AvgIpc) is 3.15. The number of benzene rings is 1. The van der Waals surface area contributed by atoms with E-state index < -0.39 is 41.8 Å². The molecule has 2 atom stereocenters. The summed E-state index contributed by atoms with van der Waals surface area (Å²) in [6.45, 7) is 0. The molecular formula is C16H23NO8S3. The van der Waals surface area contributed by atoms with E-state index in [-0.39, 0.29) is 52.2 Å². The van der Waals surface area contributed by atoms with E-state index in [2.05, 4.69) is 0 Å². The summed E-state index contributed by atoms with van der Waals surface area (Å²) in [6, 6.07) is 2.66. The van der Waals surface area contributed by atoms with Gasteiger partial charge in [0.2, 0.25) is 10.0 Å². The number of rotatable bonds is 6. The van der Waals surface area contributed by atoms with Crippen LogP contribution in [0.15, 0.2) is 23.1 Å². The standard InChI is InChI=1S/C16H23NO8S3/c1-24-14-3-4-15(25-2)16(9-14)28(22,23)17(12-5-7-26(18,19)10-12)13-6-8-27(20,21)11-13/h3-4,9,12-13H,5-8,10-11H2,1-2H3/t12-,13-/m0/s1. The van der Waals surface area contributed by atoms with Gasteiger partial charge in [-0.2, -0.15) is 4.31 Å². The first-order valence-corrected chi connectivity index (χ1v) is 13.7. The highest BCUT2D eigenvalue weighted by atomic mass is 32.2. The molecule has 12 heteroatoms. The van der Waals surface area contributed by atoms with Crippen molar-refractivity contribution in [1.29, 1.82) is 0 Å². The van der Waals surface area contributed by atoms with Gasteiger partial charge in [-0.3, -0.25) is 0 Å².